The number of hydrogen-bond acceptors (Lipinski definition) is 2. The first-order valence-electron chi connectivity index (χ1n) is 10.5. The maximum absolute atomic E-state index is 5.64. The normalized spacial score (nSPS) is 28.5. The van der Waals surface area contributed by atoms with Gasteiger partial charge in [0, 0.05) is 41.0 Å². The van der Waals surface area contributed by atoms with Crippen molar-refractivity contribution in [3.63, 3.8) is 0 Å². The molecule has 0 bridgehead atoms. The van der Waals surface area contributed by atoms with Crippen LogP contribution in [0.1, 0.15) is 28.8 Å². The average Bonchev–Trinajstić information content (AvgIpc) is 3.14. The summed E-state index contributed by atoms with van der Waals surface area (Å²) in [4.78, 5) is 2.57. The van der Waals surface area contributed by atoms with Crippen LogP contribution in [-0.2, 0) is 31.7 Å². The van der Waals surface area contributed by atoms with Crippen molar-refractivity contribution in [2.24, 2.45) is 12.5 Å². The molecule has 2 heterocycles. The molecule has 1 aromatic heterocycles. The molecule has 0 amide bonds. The lowest BCUT2D eigenvalue weighted by molar-refractivity contribution is 0.0151. The smallest absolute Gasteiger partial charge is 0.119 e. The Morgan fingerprint density at radius 2 is 1.86 bits per heavy atom. The van der Waals surface area contributed by atoms with Gasteiger partial charge in [-0.2, -0.15) is 0 Å². The van der Waals surface area contributed by atoms with E-state index < -0.39 is 0 Å². The Bertz CT molecular complexity index is 1110. The molecular formula is C25H28N2O. The minimum Gasteiger partial charge on any atom is -0.497 e. The lowest BCUT2D eigenvalue weighted by Crippen LogP contribution is -2.59. The molecule has 144 valence electrons. The lowest BCUT2D eigenvalue weighted by atomic mass is 9.53. The summed E-state index contributed by atoms with van der Waals surface area (Å²) in [5.74, 6) is 1.01. The van der Waals surface area contributed by atoms with Crippen molar-refractivity contribution in [2.75, 3.05) is 27.2 Å². The third-order valence-electron chi connectivity index (χ3n) is 8.20. The summed E-state index contributed by atoms with van der Waals surface area (Å²) in [5.41, 5.74) is 8.19. The number of rotatable bonds is 1. The molecule has 0 radical (unpaired) electrons. The van der Waals surface area contributed by atoms with Gasteiger partial charge in [-0.1, -0.05) is 24.3 Å². The number of para-hydroxylation sites is 1. The summed E-state index contributed by atoms with van der Waals surface area (Å²) in [5, 5.41) is 1.46. The van der Waals surface area contributed by atoms with Crippen LogP contribution in [0.4, 0.5) is 0 Å². The van der Waals surface area contributed by atoms with E-state index in [1.165, 1.54) is 43.3 Å². The van der Waals surface area contributed by atoms with Gasteiger partial charge in [0.25, 0.3) is 0 Å². The zero-order valence-electron chi connectivity index (χ0n) is 17.1. The number of aryl methyl sites for hydroxylation is 1. The van der Waals surface area contributed by atoms with Crippen LogP contribution >= 0.6 is 0 Å². The van der Waals surface area contributed by atoms with Crippen molar-refractivity contribution in [1.82, 2.24) is 9.47 Å². The van der Waals surface area contributed by atoms with E-state index in [0.29, 0.717) is 5.41 Å². The lowest BCUT2D eigenvalue weighted by Gasteiger charge is -2.55. The topological polar surface area (TPSA) is 17.4 Å². The quantitative estimate of drug-likeness (QED) is 0.640. The first-order valence-corrected chi connectivity index (χ1v) is 10.5. The summed E-state index contributed by atoms with van der Waals surface area (Å²) in [7, 11) is 6.36. The van der Waals surface area contributed by atoms with Crippen molar-refractivity contribution in [2.45, 2.75) is 31.1 Å². The van der Waals surface area contributed by atoms with Crippen LogP contribution < -0.4 is 4.74 Å². The predicted octanol–water partition coefficient (Wildman–Crippen LogP) is 4.10. The maximum Gasteiger partial charge on any atom is 0.119 e. The van der Waals surface area contributed by atoms with E-state index in [1.54, 1.807) is 29.5 Å². The van der Waals surface area contributed by atoms with Crippen LogP contribution in [0.3, 0.4) is 0 Å². The molecule has 1 fully saturated rings. The maximum atomic E-state index is 5.64. The van der Waals surface area contributed by atoms with E-state index in [0.717, 1.165) is 12.2 Å². The fourth-order valence-electron chi connectivity index (χ4n) is 6.92. The second-order valence-electron chi connectivity index (χ2n) is 9.41. The number of fused-ring (bicyclic) bond motifs is 4. The molecule has 3 aliphatic rings. The van der Waals surface area contributed by atoms with Crippen molar-refractivity contribution in [3.05, 3.63) is 64.8 Å². The summed E-state index contributed by atoms with van der Waals surface area (Å²) in [6, 6.07) is 15.8. The van der Waals surface area contributed by atoms with Gasteiger partial charge in [-0.15, -0.1) is 0 Å². The molecule has 0 saturated carbocycles. The third-order valence-corrected chi connectivity index (χ3v) is 8.20. The zero-order valence-corrected chi connectivity index (χ0v) is 17.1. The first kappa shape index (κ1) is 16.7. The molecule has 28 heavy (non-hydrogen) atoms. The second-order valence-corrected chi connectivity index (χ2v) is 9.41. The number of piperidine rings is 1. The highest BCUT2D eigenvalue weighted by Crippen LogP contribution is 2.62. The van der Waals surface area contributed by atoms with Gasteiger partial charge >= 0.3 is 0 Å². The Labute approximate surface area is 166 Å². The minimum absolute atomic E-state index is 0.235. The fourth-order valence-corrected chi connectivity index (χ4v) is 6.92. The number of ether oxygens (including phenoxy) is 1. The molecular weight excluding hydrogens is 344 g/mol. The van der Waals surface area contributed by atoms with Gasteiger partial charge in [0.05, 0.1) is 7.11 Å². The molecule has 0 N–H and O–H groups in total. The van der Waals surface area contributed by atoms with Gasteiger partial charge in [-0.3, -0.25) is 0 Å². The summed E-state index contributed by atoms with van der Waals surface area (Å²) >= 11 is 0. The van der Waals surface area contributed by atoms with Gasteiger partial charge in [0.15, 0.2) is 0 Å². The van der Waals surface area contributed by atoms with Gasteiger partial charge < -0.3 is 14.2 Å². The van der Waals surface area contributed by atoms with Crippen molar-refractivity contribution >= 4 is 10.9 Å². The van der Waals surface area contributed by atoms with Gasteiger partial charge in [0.1, 0.15) is 5.75 Å². The molecule has 3 aromatic rings. The third kappa shape index (κ3) is 1.88. The number of likely N-dealkylation sites (tertiary alicyclic amines) is 1. The van der Waals surface area contributed by atoms with Gasteiger partial charge in [-0.05, 0) is 74.2 Å². The van der Waals surface area contributed by atoms with Gasteiger partial charge in [-0.25, -0.2) is 0 Å². The summed E-state index contributed by atoms with van der Waals surface area (Å²) < 4.78 is 8.11. The van der Waals surface area contributed by atoms with E-state index in [2.05, 4.69) is 66.0 Å². The van der Waals surface area contributed by atoms with Crippen molar-refractivity contribution in [3.8, 4) is 5.75 Å². The Morgan fingerprint density at radius 1 is 1.00 bits per heavy atom. The van der Waals surface area contributed by atoms with Crippen molar-refractivity contribution < 1.29 is 4.74 Å². The standard InChI is InChI=1S/C25H28N2O/c1-26-11-10-25-15-23-20(19-6-4-5-7-22(19)27(23)2)14-24(25,16-26)13-17-8-9-18(28-3)12-21(17)25/h4-9,12H,10-11,13-16H2,1-3H3/t24-,25-/m1/s1. The van der Waals surface area contributed by atoms with Gasteiger partial charge in [0.2, 0.25) is 0 Å². The Hall–Kier alpha value is -2.26. The number of aromatic nitrogens is 1. The highest BCUT2D eigenvalue weighted by atomic mass is 16.5. The van der Waals surface area contributed by atoms with Crippen molar-refractivity contribution in [1.29, 1.82) is 0 Å². The van der Waals surface area contributed by atoms with E-state index in [9.17, 15) is 0 Å². The molecule has 0 spiro atoms. The Kier molecular flexibility index (Phi) is 3.22. The number of hydrogen-bond donors (Lipinski definition) is 0. The van der Waals surface area contributed by atoms with Crippen LogP contribution in [0.2, 0.25) is 0 Å². The molecule has 1 aliphatic heterocycles. The zero-order chi connectivity index (χ0) is 19.1. The fraction of sp³-hybridized carbons (Fsp3) is 0.440. The van der Waals surface area contributed by atoms with Crippen LogP contribution in [0.5, 0.6) is 5.75 Å². The number of methoxy groups -OCH3 is 1. The Balaban J connectivity index is 1.63. The molecule has 3 nitrogen and oxygen atoms in total. The van der Waals surface area contributed by atoms with E-state index in [4.69, 9.17) is 4.74 Å². The van der Waals surface area contributed by atoms with Crippen LogP contribution in [0.25, 0.3) is 10.9 Å². The second kappa shape index (κ2) is 5.42. The molecule has 2 aromatic carbocycles. The minimum atomic E-state index is 0.235. The predicted molar refractivity (Wildman–Crippen MR) is 113 cm³/mol. The van der Waals surface area contributed by atoms with Crippen LogP contribution in [0, 0.1) is 5.41 Å². The average molecular weight is 373 g/mol. The molecule has 2 aliphatic carbocycles. The molecule has 2 atom stereocenters. The highest BCUT2D eigenvalue weighted by Gasteiger charge is 2.61. The SMILES string of the molecule is COc1ccc2c(c1)[C@]13CCN(C)C[C@@]1(C2)Cc1c(n(C)c2ccccc12)C3. The number of nitrogens with zero attached hydrogens (tertiary/aromatic N) is 2. The summed E-state index contributed by atoms with van der Waals surface area (Å²) in [6.45, 7) is 2.37. The largest absolute Gasteiger partial charge is 0.497 e. The first-order chi connectivity index (χ1) is 13.6. The van der Waals surface area contributed by atoms with Crippen LogP contribution in [-0.4, -0.2) is 36.7 Å². The van der Waals surface area contributed by atoms with E-state index in [-0.39, 0.29) is 5.41 Å². The molecule has 1 saturated heterocycles. The van der Waals surface area contributed by atoms with Crippen LogP contribution in [0.15, 0.2) is 42.5 Å². The number of benzene rings is 2. The summed E-state index contributed by atoms with van der Waals surface area (Å²) in [6.07, 6.45) is 4.77. The molecule has 6 rings (SSSR count). The Morgan fingerprint density at radius 3 is 2.71 bits per heavy atom. The van der Waals surface area contributed by atoms with E-state index >= 15 is 0 Å². The highest BCUT2D eigenvalue weighted by molar-refractivity contribution is 5.86. The van der Waals surface area contributed by atoms with E-state index in [1.807, 2.05) is 0 Å². The monoisotopic (exact) mass is 372 g/mol. The molecule has 3 heteroatoms. The molecule has 0 unspecified atom stereocenters.